The van der Waals surface area contributed by atoms with Gasteiger partial charge in [-0.2, -0.15) is 17.0 Å². The Morgan fingerprint density at radius 3 is 2.40 bits per heavy atom. The molecule has 2 rings (SSSR count). The van der Waals surface area contributed by atoms with Crippen molar-refractivity contribution in [3.8, 4) is 5.75 Å². The highest BCUT2D eigenvalue weighted by Gasteiger charge is 2.28. The van der Waals surface area contributed by atoms with Crippen molar-refractivity contribution in [2.24, 2.45) is 0 Å². The Morgan fingerprint density at radius 1 is 1.12 bits per heavy atom. The molecule has 1 fully saturated rings. The quantitative estimate of drug-likeness (QED) is 0.749. The van der Waals surface area contributed by atoms with E-state index in [1.54, 1.807) is 12.0 Å². The number of aryl methyl sites for hydroxylation is 1. The van der Waals surface area contributed by atoms with Crippen molar-refractivity contribution >= 4 is 16.1 Å². The molecule has 1 aliphatic rings. The van der Waals surface area contributed by atoms with Crippen molar-refractivity contribution in [2.45, 2.75) is 19.3 Å². The zero-order valence-electron chi connectivity index (χ0n) is 15.1. The molecule has 1 saturated heterocycles. The van der Waals surface area contributed by atoms with Crippen molar-refractivity contribution in [3.63, 3.8) is 0 Å². The normalized spacial score (nSPS) is 16.7. The van der Waals surface area contributed by atoms with Crippen LogP contribution in [0.25, 0.3) is 0 Å². The minimum Gasteiger partial charge on any atom is -0.497 e. The Kier molecular flexibility index (Phi) is 6.80. The molecule has 0 bridgehead atoms. The van der Waals surface area contributed by atoms with E-state index in [0.29, 0.717) is 45.4 Å². The van der Waals surface area contributed by atoms with Gasteiger partial charge in [0.1, 0.15) is 5.75 Å². The summed E-state index contributed by atoms with van der Waals surface area (Å²) in [4.78, 5) is 14.2. The summed E-state index contributed by atoms with van der Waals surface area (Å²) in [5, 5.41) is 0. The van der Waals surface area contributed by atoms with Crippen LogP contribution in [0.15, 0.2) is 24.3 Å². The highest BCUT2D eigenvalue weighted by atomic mass is 32.2. The van der Waals surface area contributed by atoms with Gasteiger partial charge in [0.25, 0.3) is 10.2 Å². The van der Waals surface area contributed by atoms with Crippen LogP contribution in [-0.2, 0) is 21.4 Å². The van der Waals surface area contributed by atoms with Gasteiger partial charge in [-0.3, -0.25) is 4.79 Å². The van der Waals surface area contributed by atoms with Crippen LogP contribution in [0.4, 0.5) is 0 Å². The Hall–Kier alpha value is -1.64. The number of carbonyl (C=O) groups is 1. The summed E-state index contributed by atoms with van der Waals surface area (Å²) in [6, 6.07) is 7.69. The number of benzene rings is 1. The molecule has 0 radical (unpaired) electrons. The lowest BCUT2D eigenvalue weighted by atomic mass is 10.1. The van der Waals surface area contributed by atoms with Crippen LogP contribution >= 0.6 is 0 Å². The fraction of sp³-hybridized carbons (Fsp3) is 0.588. The molecule has 0 saturated carbocycles. The standard InChI is InChI=1S/C17H27N3O4S/c1-18(2)25(22,23)20-12-4-11-19(13-14-20)17(21)10-7-15-5-8-16(24-3)9-6-15/h5-6,8-9H,4,7,10-14H2,1-3H3. The number of hydrogen-bond donors (Lipinski definition) is 0. The molecule has 1 aliphatic heterocycles. The number of hydrogen-bond acceptors (Lipinski definition) is 4. The first-order valence-electron chi connectivity index (χ1n) is 8.43. The number of amides is 1. The molecule has 1 heterocycles. The van der Waals surface area contributed by atoms with Crippen molar-refractivity contribution in [1.82, 2.24) is 13.5 Å². The van der Waals surface area contributed by atoms with Gasteiger partial charge in [0, 0.05) is 46.7 Å². The van der Waals surface area contributed by atoms with Crippen LogP contribution in [0.3, 0.4) is 0 Å². The number of nitrogens with zero attached hydrogens (tertiary/aromatic N) is 3. The predicted octanol–water partition coefficient (Wildman–Crippen LogP) is 0.969. The summed E-state index contributed by atoms with van der Waals surface area (Å²) in [5.41, 5.74) is 1.08. The fourth-order valence-corrected chi connectivity index (χ4v) is 3.94. The van der Waals surface area contributed by atoms with E-state index in [9.17, 15) is 13.2 Å². The van der Waals surface area contributed by atoms with Gasteiger partial charge >= 0.3 is 0 Å². The van der Waals surface area contributed by atoms with Crippen LogP contribution in [-0.4, -0.2) is 75.2 Å². The molecule has 0 unspecified atom stereocenters. The lowest BCUT2D eigenvalue weighted by molar-refractivity contribution is -0.131. The maximum atomic E-state index is 12.5. The van der Waals surface area contributed by atoms with Crippen LogP contribution in [0.2, 0.25) is 0 Å². The maximum Gasteiger partial charge on any atom is 0.281 e. The molecule has 140 valence electrons. The zero-order valence-corrected chi connectivity index (χ0v) is 16.0. The maximum absolute atomic E-state index is 12.5. The van der Waals surface area contributed by atoms with E-state index in [-0.39, 0.29) is 5.91 Å². The monoisotopic (exact) mass is 369 g/mol. The van der Waals surface area contributed by atoms with E-state index < -0.39 is 10.2 Å². The Morgan fingerprint density at radius 2 is 1.80 bits per heavy atom. The number of rotatable bonds is 6. The minimum absolute atomic E-state index is 0.0694. The molecule has 1 aromatic rings. The summed E-state index contributed by atoms with van der Waals surface area (Å²) in [6.45, 7) is 1.83. The van der Waals surface area contributed by atoms with Crippen LogP contribution < -0.4 is 4.74 Å². The lowest BCUT2D eigenvalue weighted by Gasteiger charge is -2.24. The van der Waals surface area contributed by atoms with E-state index in [2.05, 4.69) is 0 Å². The van der Waals surface area contributed by atoms with Gasteiger partial charge in [0.05, 0.1) is 7.11 Å². The molecule has 0 aliphatic carbocycles. The smallest absolute Gasteiger partial charge is 0.281 e. The van der Waals surface area contributed by atoms with Gasteiger partial charge in [-0.25, -0.2) is 0 Å². The van der Waals surface area contributed by atoms with Crippen molar-refractivity contribution in [1.29, 1.82) is 0 Å². The third-order valence-corrected chi connectivity index (χ3v) is 6.32. The average molecular weight is 369 g/mol. The van der Waals surface area contributed by atoms with Crippen molar-refractivity contribution < 1.29 is 17.9 Å². The molecule has 25 heavy (non-hydrogen) atoms. The molecule has 7 nitrogen and oxygen atoms in total. The van der Waals surface area contributed by atoms with Crippen molar-refractivity contribution in [3.05, 3.63) is 29.8 Å². The average Bonchev–Trinajstić information content (AvgIpc) is 2.86. The summed E-state index contributed by atoms with van der Waals surface area (Å²) in [7, 11) is 1.26. The first-order valence-corrected chi connectivity index (χ1v) is 9.82. The zero-order chi connectivity index (χ0) is 18.4. The number of ether oxygens (including phenoxy) is 1. The molecule has 0 N–H and O–H groups in total. The largest absolute Gasteiger partial charge is 0.497 e. The Balaban J connectivity index is 1.88. The highest BCUT2D eigenvalue weighted by molar-refractivity contribution is 7.86. The van der Waals surface area contributed by atoms with Crippen LogP contribution in [0, 0.1) is 0 Å². The third-order valence-electron chi connectivity index (χ3n) is 4.38. The van der Waals surface area contributed by atoms with Crippen LogP contribution in [0.5, 0.6) is 5.75 Å². The molecule has 1 amide bonds. The minimum atomic E-state index is -3.42. The highest BCUT2D eigenvalue weighted by Crippen LogP contribution is 2.14. The first kappa shape index (κ1) is 19.7. The van der Waals surface area contributed by atoms with E-state index in [4.69, 9.17) is 4.74 Å². The molecule has 8 heteroatoms. The third kappa shape index (κ3) is 5.17. The molecule has 0 aromatic heterocycles. The molecular weight excluding hydrogens is 342 g/mol. The Labute approximate surface area is 150 Å². The second kappa shape index (κ2) is 8.64. The topological polar surface area (TPSA) is 70.2 Å². The molecular formula is C17H27N3O4S. The van der Waals surface area contributed by atoms with Crippen LogP contribution in [0.1, 0.15) is 18.4 Å². The Bertz CT molecular complexity index is 674. The SMILES string of the molecule is COc1ccc(CCC(=O)N2CCCN(S(=O)(=O)N(C)C)CC2)cc1. The van der Waals surface area contributed by atoms with Gasteiger partial charge in [0.2, 0.25) is 5.91 Å². The van der Waals surface area contributed by atoms with E-state index >= 15 is 0 Å². The van der Waals surface area contributed by atoms with E-state index in [1.165, 1.54) is 22.7 Å². The van der Waals surface area contributed by atoms with E-state index in [1.807, 2.05) is 24.3 Å². The predicted molar refractivity (Wildman–Crippen MR) is 96.7 cm³/mol. The van der Waals surface area contributed by atoms with Gasteiger partial charge in [-0.1, -0.05) is 12.1 Å². The first-order chi connectivity index (χ1) is 11.8. The molecule has 0 atom stereocenters. The van der Waals surface area contributed by atoms with Gasteiger partial charge in [-0.15, -0.1) is 0 Å². The molecule has 0 spiro atoms. The lowest BCUT2D eigenvalue weighted by Crippen LogP contribution is -2.42. The number of carbonyl (C=O) groups excluding carboxylic acids is 1. The summed E-state index contributed by atoms with van der Waals surface area (Å²) in [6.07, 6.45) is 1.74. The second-order valence-corrected chi connectivity index (χ2v) is 8.41. The number of methoxy groups -OCH3 is 1. The van der Waals surface area contributed by atoms with E-state index in [0.717, 1.165) is 11.3 Å². The summed E-state index contributed by atoms with van der Waals surface area (Å²) < 4.78 is 32.2. The summed E-state index contributed by atoms with van der Waals surface area (Å²) in [5.74, 6) is 0.865. The summed E-state index contributed by atoms with van der Waals surface area (Å²) >= 11 is 0. The fourth-order valence-electron chi connectivity index (χ4n) is 2.81. The van der Waals surface area contributed by atoms with Gasteiger partial charge < -0.3 is 9.64 Å². The van der Waals surface area contributed by atoms with Crippen molar-refractivity contribution in [2.75, 3.05) is 47.4 Å². The second-order valence-electron chi connectivity index (χ2n) is 6.27. The van der Waals surface area contributed by atoms with Gasteiger partial charge in [-0.05, 0) is 30.5 Å². The van der Waals surface area contributed by atoms with Gasteiger partial charge in [0.15, 0.2) is 0 Å². The molecule has 1 aromatic carbocycles.